The fourth-order valence-electron chi connectivity index (χ4n) is 2.01. The molecule has 0 atom stereocenters. The minimum Gasteiger partial charge on any atom is -0.395 e. The van der Waals surface area contributed by atoms with Gasteiger partial charge in [0, 0.05) is 25.6 Å². The molecule has 0 spiro atoms. The predicted molar refractivity (Wildman–Crippen MR) is 47.8 cm³/mol. The van der Waals surface area contributed by atoms with Crippen molar-refractivity contribution < 1.29 is 9.90 Å². The van der Waals surface area contributed by atoms with Gasteiger partial charge in [-0.3, -0.25) is 9.80 Å². The van der Waals surface area contributed by atoms with Crippen LogP contribution in [0.25, 0.3) is 0 Å². The fraction of sp³-hybridized carbons (Fsp3) is 0.889. The fourth-order valence-corrected chi connectivity index (χ4v) is 2.01. The summed E-state index contributed by atoms with van der Waals surface area (Å²) in [5, 5.41) is 12.7. The molecule has 13 heavy (non-hydrogen) atoms. The van der Waals surface area contributed by atoms with Gasteiger partial charge in [-0.15, -0.1) is 0 Å². The molecule has 2 aliphatic rings. The normalized spacial score (nSPS) is 25.3. The van der Waals surface area contributed by atoms with Gasteiger partial charge in [-0.1, -0.05) is 0 Å². The molecule has 2 rings (SSSR count). The van der Waals surface area contributed by atoms with E-state index in [4.69, 9.17) is 5.11 Å². The number of rotatable bonds is 3. The molecule has 4 heteroatoms. The summed E-state index contributed by atoms with van der Waals surface area (Å²) in [7, 11) is 0. The smallest absolute Gasteiger partial charge is 0.238 e. The molecule has 0 aromatic carbocycles. The highest BCUT2D eigenvalue weighted by Gasteiger charge is 2.36. The monoisotopic (exact) mass is 184 g/mol. The molecule has 0 radical (unpaired) electrons. The van der Waals surface area contributed by atoms with E-state index in [-0.39, 0.29) is 12.5 Å². The molecular weight excluding hydrogens is 168 g/mol. The summed E-state index contributed by atoms with van der Waals surface area (Å²) in [6, 6.07) is 0.432. The number of β-amino-alcohol motifs (C(OH)–C–C–N with tert-alkyl or cyclic N) is 1. The Bertz CT molecular complexity index is 204. The molecule has 1 saturated heterocycles. The SMILES string of the molecule is O=C1CCN(CCO)N1C1CCC1. The number of amides is 1. The van der Waals surface area contributed by atoms with E-state index in [1.807, 2.05) is 10.0 Å². The van der Waals surface area contributed by atoms with Crippen LogP contribution < -0.4 is 0 Å². The van der Waals surface area contributed by atoms with Crippen LogP contribution in [0.2, 0.25) is 0 Å². The Hall–Kier alpha value is -0.610. The van der Waals surface area contributed by atoms with Crippen molar-refractivity contribution in [3.05, 3.63) is 0 Å². The number of carbonyl (C=O) groups is 1. The van der Waals surface area contributed by atoms with Crippen LogP contribution in [0, 0.1) is 0 Å². The van der Waals surface area contributed by atoms with E-state index in [1.165, 1.54) is 6.42 Å². The van der Waals surface area contributed by atoms with Crippen LogP contribution in [0.5, 0.6) is 0 Å². The Morgan fingerprint density at radius 2 is 2.23 bits per heavy atom. The molecule has 2 fully saturated rings. The Kier molecular flexibility index (Phi) is 2.51. The van der Waals surface area contributed by atoms with Crippen molar-refractivity contribution in [2.45, 2.75) is 31.7 Å². The maximum Gasteiger partial charge on any atom is 0.238 e. The first-order valence-electron chi connectivity index (χ1n) is 5.00. The van der Waals surface area contributed by atoms with Crippen LogP contribution in [0.15, 0.2) is 0 Å². The summed E-state index contributed by atoms with van der Waals surface area (Å²) in [4.78, 5) is 11.5. The van der Waals surface area contributed by atoms with Gasteiger partial charge >= 0.3 is 0 Å². The number of nitrogens with zero attached hydrogens (tertiary/aromatic N) is 2. The quantitative estimate of drug-likeness (QED) is 0.670. The van der Waals surface area contributed by atoms with Crippen molar-refractivity contribution in [3.63, 3.8) is 0 Å². The van der Waals surface area contributed by atoms with E-state index in [0.717, 1.165) is 19.4 Å². The van der Waals surface area contributed by atoms with Crippen molar-refractivity contribution >= 4 is 5.91 Å². The average Bonchev–Trinajstić information content (AvgIpc) is 2.34. The summed E-state index contributed by atoms with van der Waals surface area (Å²) in [6.07, 6.45) is 4.12. The van der Waals surface area contributed by atoms with Gasteiger partial charge in [0.1, 0.15) is 0 Å². The summed E-state index contributed by atoms with van der Waals surface area (Å²) >= 11 is 0. The largest absolute Gasteiger partial charge is 0.395 e. The van der Waals surface area contributed by atoms with Gasteiger partial charge in [-0.25, -0.2) is 5.01 Å². The standard InChI is InChI=1S/C9H16N2O2/c12-7-6-10-5-4-9(13)11(10)8-2-1-3-8/h8,12H,1-7H2. The number of carbonyl (C=O) groups excluding carboxylic acids is 1. The Labute approximate surface area is 78.1 Å². The second kappa shape index (κ2) is 3.64. The van der Waals surface area contributed by atoms with Crippen molar-refractivity contribution in [3.8, 4) is 0 Å². The van der Waals surface area contributed by atoms with Gasteiger partial charge in [0.25, 0.3) is 0 Å². The maximum atomic E-state index is 11.5. The minimum atomic E-state index is 0.135. The van der Waals surface area contributed by atoms with Gasteiger partial charge in [0.2, 0.25) is 5.91 Å². The lowest BCUT2D eigenvalue weighted by atomic mass is 9.92. The molecular formula is C9H16N2O2. The van der Waals surface area contributed by atoms with E-state index in [2.05, 4.69) is 0 Å². The minimum absolute atomic E-state index is 0.135. The zero-order valence-electron chi connectivity index (χ0n) is 7.78. The van der Waals surface area contributed by atoms with Crippen molar-refractivity contribution in [2.24, 2.45) is 0 Å². The van der Waals surface area contributed by atoms with Crippen LogP contribution in [-0.2, 0) is 4.79 Å². The highest BCUT2D eigenvalue weighted by Crippen LogP contribution is 2.29. The van der Waals surface area contributed by atoms with E-state index in [9.17, 15) is 4.79 Å². The summed E-state index contributed by atoms with van der Waals surface area (Å²) in [5.74, 6) is 0.234. The molecule has 1 aliphatic heterocycles. The first-order valence-corrected chi connectivity index (χ1v) is 5.00. The molecule has 74 valence electrons. The van der Waals surface area contributed by atoms with E-state index in [1.54, 1.807) is 0 Å². The molecule has 1 aliphatic carbocycles. The molecule has 0 aromatic heterocycles. The lowest BCUT2D eigenvalue weighted by Gasteiger charge is -2.39. The summed E-state index contributed by atoms with van der Waals surface area (Å²) < 4.78 is 0. The van der Waals surface area contributed by atoms with Crippen LogP contribution >= 0.6 is 0 Å². The molecule has 1 amide bonds. The average molecular weight is 184 g/mol. The Morgan fingerprint density at radius 3 is 2.77 bits per heavy atom. The number of hydrogen-bond acceptors (Lipinski definition) is 3. The third-order valence-electron chi connectivity index (χ3n) is 2.92. The highest BCUT2D eigenvalue weighted by molar-refractivity contribution is 5.78. The van der Waals surface area contributed by atoms with E-state index >= 15 is 0 Å². The van der Waals surface area contributed by atoms with Crippen LogP contribution in [0.4, 0.5) is 0 Å². The van der Waals surface area contributed by atoms with Crippen LogP contribution in [-0.4, -0.2) is 46.8 Å². The number of hydrogen-bond donors (Lipinski definition) is 1. The van der Waals surface area contributed by atoms with Gasteiger partial charge in [-0.2, -0.15) is 0 Å². The third kappa shape index (κ3) is 1.56. The van der Waals surface area contributed by atoms with Crippen LogP contribution in [0.3, 0.4) is 0 Å². The van der Waals surface area contributed by atoms with Crippen LogP contribution in [0.1, 0.15) is 25.7 Å². The van der Waals surface area contributed by atoms with Gasteiger partial charge < -0.3 is 5.11 Å². The topological polar surface area (TPSA) is 43.8 Å². The molecule has 0 bridgehead atoms. The van der Waals surface area contributed by atoms with Gasteiger partial charge in [0.05, 0.1) is 6.61 Å². The Balaban J connectivity index is 1.98. The molecule has 0 aromatic rings. The lowest BCUT2D eigenvalue weighted by molar-refractivity contribution is -0.147. The highest BCUT2D eigenvalue weighted by atomic mass is 16.3. The second-order valence-electron chi connectivity index (χ2n) is 3.75. The molecule has 4 nitrogen and oxygen atoms in total. The first-order chi connectivity index (χ1) is 6.33. The first kappa shape index (κ1) is 8.97. The molecule has 1 N–H and O–H groups in total. The molecule has 0 unspecified atom stereocenters. The molecule has 1 heterocycles. The van der Waals surface area contributed by atoms with E-state index in [0.29, 0.717) is 19.0 Å². The Morgan fingerprint density at radius 1 is 1.46 bits per heavy atom. The van der Waals surface area contributed by atoms with Crippen molar-refractivity contribution in [2.75, 3.05) is 19.7 Å². The van der Waals surface area contributed by atoms with Crippen molar-refractivity contribution in [1.29, 1.82) is 0 Å². The predicted octanol–water partition coefficient (Wildman–Crippen LogP) is -0.0195. The van der Waals surface area contributed by atoms with Crippen molar-refractivity contribution in [1.82, 2.24) is 10.0 Å². The van der Waals surface area contributed by atoms with E-state index < -0.39 is 0 Å². The number of aliphatic hydroxyl groups is 1. The number of hydrazine groups is 1. The summed E-state index contributed by atoms with van der Waals surface area (Å²) in [6.45, 7) is 1.52. The lowest BCUT2D eigenvalue weighted by Crippen LogP contribution is -2.49. The maximum absolute atomic E-state index is 11.5. The molecule has 1 saturated carbocycles. The zero-order chi connectivity index (χ0) is 9.26. The third-order valence-corrected chi connectivity index (χ3v) is 2.92. The number of aliphatic hydroxyl groups excluding tert-OH is 1. The second-order valence-corrected chi connectivity index (χ2v) is 3.75. The zero-order valence-corrected chi connectivity index (χ0v) is 7.78. The van der Waals surface area contributed by atoms with Gasteiger partial charge in [0.15, 0.2) is 0 Å². The summed E-state index contributed by atoms with van der Waals surface area (Å²) in [5.41, 5.74) is 0. The van der Waals surface area contributed by atoms with Gasteiger partial charge in [-0.05, 0) is 19.3 Å².